The van der Waals surface area contributed by atoms with Gasteiger partial charge in [0.2, 0.25) is 5.89 Å². The van der Waals surface area contributed by atoms with Gasteiger partial charge in [-0.25, -0.2) is 0 Å². The summed E-state index contributed by atoms with van der Waals surface area (Å²) >= 11 is 0. The fourth-order valence-corrected chi connectivity index (χ4v) is 2.58. The molecule has 0 aromatic carbocycles. The zero-order valence-corrected chi connectivity index (χ0v) is 11.3. The van der Waals surface area contributed by atoms with Crippen LogP contribution in [0.4, 0.5) is 0 Å². The molecule has 0 saturated carbocycles. The van der Waals surface area contributed by atoms with E-state index in [0.717, 1.165) is 44.6 Å². The molecule has 19 heavy (non-hydrogen) atoms. The largest absolute Gasteiger partial charge is 0.481 e. The summed E-state index contributed by atoms with van der Waals surface area (Å²) in [4.78, 5) is 17.3. The molecule has 1 aliphatic rings. The number of carboxylic acid groups (broad SMARTS) is 1. The number of carboxylic acids is 1. The summed E-state index contributed by atoms with van der Waals surface area (Å²) in [5.74, 6) is 0.926. The molecule has 106 valence electrons. The van der Waals surface area contributed by atoms with Gasteiger partial charge >= 0.3 is 5.97 Å². The minimum Gasteiger partial charge on any atom is -0.481 e. The third kappa shape index (κ3) is 4.31. The minimum absolute atomic E-state index is 0.240. The summed E-state index contributed by atoms with van der Waals surface area (Å²) in [5, 5.41) is 12.8. The highest BCUT2D eigenvalue weighted by atomic mass is 16.5. The first kappa shape index (κ1) is 14.0. The van der Waals surface area contributed by atoms with Crippen LogP contribution in [0.25, 0.3) is 0 Å². The number of aryl methyl sites for hydroxylation is 1. The zero-order chi connectivity index (χ0) is 13.7. The minimum atomic E-state index is -0.713. The van der Waals surface area contributed by atoms with Crippen LogP contribution in [0.2, 0.25) is 0 Å². The van der Waals surface area contributed by atoms with E-state index in [0.29, 0.717) is 12.4 Å². The van der Waals surface area contributed by atoms with Crippen molar-refractivity contribution in [3.05, 3.63) is 11.7 Å². The highest BCUT2D eigenvalue weighted by Crippen LogP contribution is 2.20. The Balaban J connectivity index is 1.85. The molecule has 1 aromatic heterocycles. The molecule has 0 radical (unpaired) electrons. The Hall–Kier alpha value is -1.43. The number of nitrogens with zero attached hydrogens (tertiary/aromatic N) is 3. The van der Waals surface area contributed by atoms with E-state index in [9.17, 15) is 4.79 Å². The number of piperidine rings is 1. The van der Waals surface area contributed by atoms with Gasteiger partial charge in [0.15, 0.2) is 5.82 Å². The number of likely N-dealkylation sites (tertiary alicyclic amines) is 1. The first-order chi connectivity index (χ1) is 9.17. The van der Waals surface area contributed by atoms with E-state index in [1.165, 1.54) is 0 Å². The van der Waals surface area contributed by atoms with Crippen LogP contribution in [0.1, 0.15) is 44.3 Å². The Labute approximate surface area is 112 Å². The van der Waals surface area contributed by atoms with Crippen molar-refractivity contribution >= 4 is 5.97 Å². The topological polar surface area (TPSA) is 79.5 Å². The average molecular weight is 267 g/mol. The van der Waals surface area contributed by atoms with Crippen molar-refractivity contribution in [2.45, 2.75) is 45.6 Å². The number of rotatable bonds is 6. The molecule has 1 aromatic rings. The van der Waals surface area contributed by atoms with Crippen LogP contribution in [0.3, 0.4) is 0 Å². The normalized spacial score (nSPS) is 20.6. The van der Waals surface area contributed by atoms with Crippen LogP contribution in [0, 0.1) is 5.92 Å². The van der Waals surface area contributed by atoms with E-state index < -0.39 is 5.97 Å². The van der Waals surface area contributed by atoms with Crippen molar-refractivity contribution in [2.75, 3.05) is 13.1 Å². The Bertz CT molecular complexity index is 419. The maximum Gasteiger partial charge on any atom is 0.303 e. The van der Waals surface area contributed by atoms with Gasteiger partial charge in [-0.2, -0.15) is 4.98 Å². The lowest BCUT2D eigenvalue weighted by atomic mass is 9.95. The van der Waals surface area contributed by atoms with E-state index in [1.807, 2.05) is 0 Å². The first-order valence-corrected chi connectivity index (χ1v) is 6.93. The molecule has 0 amide bonds. The van der Waals surface area contributed by atoms with Gasteiger partial charge in [0.1, 0.15) is 0 Å². The first-order valence-electron chi connectivity index (χ1n) is 6.93. The Morgan fingerprint density at radius 3 is 3.16 bits per heavy atom. The van der Waals surface area contributed by atoms with Gasteiger partial charge in [0.05, 0.1) is 6.54 Å². The maximum atomic E-state index is 10.7. The molecule has 1 fully saturated rings. The quantitative estimate of drug-likeness (QED) is 0.845. The molecule has 1 saturated heterocycles. The van der Waals surface area contributed by atoms with E-state index >= 15 is 0 Å². The zero-order valence-electron chi connectivity index (χ0n) is 11.3. The fraction of sp³-hybridized carbons (Fsp3) is 0.769. The second kappa shape index (κ2) is 6.65. The average Bonchev–Trinajstić information content (AvgIpc) is 2.76. The summed E-state index contributed by atoms with van der Waals surface area (Å²) in [7, 11) is 0. The Kier molecular flexibility index (Phi) is 4.90. The molecule has 1 unspecified atom stereocenters. The molecule has 0 spiro atoms. The highest BCUT2D eigenvalue weighted by Gasteiger charge is 2.23. The van der Waals surface area contributed by atoms with Gasteiger partial charge in [0, 0.05) is 19.4 Å². The van der Waals surface area contributed by atoms with Gasteiger partial charge in [-0.15, -0.1) is 0 Å². The smallest absolute Gasteiger partial charge is 0.303 e. The molecule has 1 atom stereocenters. The molecular weight excluding hydrogens is 246 g/mol. The van der Waals surface area contributed by atoms with Crippen LogP contribution >= 0.6 is 0 Å². The summed E-state index contributed by atoms with van der Waals surface area (Å²) in [5.41, 5.74) is 0. The summed E-state index contributed by atoms with van der Waals surface area (Å²) in [6.45, 7) is 4.49. The van der Waals surface area contributed by atoms with Gasteiger partial charge in [-0.3, -0.25) is 9.69 Å². The Morgan fingerprint density at radius 1 is 1.58 bits per heavy atom. The SMILES string of the molecule is CCCc1noc(CN2CCCC(CC(=O)O)C2)n1. The van der Waals surface area contributed by atoms with Crippen LogP contribution in [-0.2, 0) is 17.8 Å². The predicted octanol–water partition coefficient (Wildman–Crippen LogP) is 1.71. The van der Waals surface area contributed by atoms with Gasteiger partial charge < -0.3 is 9.63 Å². The van der Waals surface area contributed by atoms with Crippen LogP contribution < -0.4 is 0 Å². The predicted molar refractivity (Wildman–Crippen MR) is 68.5 cm³/mol. The second-order valence-corrected chi connectivity index (χ2v) is 5.20. The van der Waals surface area contributed by atoms with Crippen molar-refractivity contribution < 1.29 is 14.4 Å². The van der Waals surface area contributed by atoms with Gasteiger partial charge in [0.25, 0.3) is 0 Å². The van der Waals surface area contributed by atoms with Gasteiger partial charge in [-0.05, 0) is 31.7 Å². The lowest BCUT2D eigenvalue weighted by molar-refractivity contribution is -0.138. The number of aliphatic carboxylic acids is 1. The van der Waals surface area contributed by atoms with Crippen molar-refractivity contribution in [1.29, 1.82) is 0 Å². The third-order valence-corrected chi connectivity index (χ3v) is 3.41. The summed E-state index contributed by atoms with van der Waals surface area (Å²) < 4.78 is 5.22. The molecule has 2 heterocycles. The molecule has 6 nitrogen and oxygen atoms in total. The van der Waals surface area contributed by atoms with Gasteiger partial charge in [-0.1, -0.05) is 12.1 Å². The van der Waals surface area contributed by atoms with Crippen molar-refractivity contribution in [2.24, 2.45) is 5.92 Å². The van der Waals surface area contributed by atoms with E-state index in [4.69, 9.17) is 9.63 Å². The number of carbonyl (C=O) groups is 1. The number of hydrogen-bond donors (Lipinski definition) is 1. The second-order valence-electron chi connectivity index (χ2n) is 5.20. The summed E-state index contributed by atoms with van der Waals surface area (Å²) in [6, 6.07) is 0. The molecular formula is C13H21N3O3. The van der Waals surface area contributed by atoms with Crippen LogP contribution in [-0.4, -0.2) is 39.2 Å². The number of hydrogen-bond acceptors (Lipinski definition) is 5. The molecule has 2 rings (SSSR count). The molecule has 6 heteroatoms. The van der Waals surface area contributed by atoms with Crippen molar-refractivity contribution in [3.8, 4) is 0 Å². The highest BCUT2D eigenvalue weighted by molar-refractivity contribution is 5.67. The van der Waals surface area contributed by atoms with E-state index in [-0.39, 0.29) is 12.3 Å². The molecule has 0 bridgehead atoms. The van der Waals surface area contributed by atoms with E-state index in [2.05, 4.69) is 22.0 Å². The standard InChI is InChI=1S/C13H21N3O3/c1-2-4-11-14-12(19-15-11)9-16-6-3-5-10(8-16)7-13(17)18/h10H,2-9H2,1H3,(H,17,18). The molecule has 1 aliphatic heterocycles. The van der Waals surface area contributed by atoms with Crippen molar-refractivity contribution in [1.82, 2.24) is 15.0 Å². The van der Waals surface area contributed by atoms with Crippen molar-refractivity contribution in [3.63, 3.8) is 0 Å². The monoisotopic (exact) mass is 267 g/mol. The Morgan fingerprint density at radius 2 is 2.42 bits per heavy atom. The number of aromatic nitrogens is 2. The lowest BCUT2D eigenvalue weighted by Crippen LogP contribution is -2.35. The molecule has 1 N–H and O–H groups in total. The molecule has 0 aliphatic carbocycles. The summed E-state index contributed by atoms with van der Waals surface area (Å²) in [6.07, 6.45) is 4.12. The third-order valence-electron chi connectivity index (χ3n) is 3.41. The van der Waals surface area contributed by atoms with E-state index in [1.54, 1.807) is 0 Å². The lowest BCUT2D eigenvalue weighted by Gasteiger charge is -2.30. The fourth-order valence-electron chi connectivity index (χ4n) is 2.58. The van der Waals surface area contributed by atoms with Crippen LogP contribution in [0.15, 0.2) is 4.52 Å². The van der Waals surface area contributed by atoms with Crippen LogP contribution in [0.5, 0.6) is 0 Å². The maximum absolute atomic E-state index is 10.7.